The van der Waals surface area contributed by atoms with Crippen LogP contribution in [-0.2, 0) is 11.2 Å². The summed E-state index contributed by atoms with van der Waals surface area (Å²) in [6.45, 7) is 3.07. The molecule has 0 saturated carbocycles. The molecular weight excluding hydrogens is 364 g/mol. The normalized spacial score (nSPS) is 16.7. The first kappa shape index (κ1) is 19.8. The number of fused-ring (bicyclic) bond motifs is 1. The molecule has 29 heavy (non-hydrogen) atoms. The Kier molecular flexibility index (Phi) is 6.67. The maximum absolute atomic E-state index is 12.4. The van der Waals surface area contributed by atoms with E-state index in [1.54, 1.807) is 0 Å². The number of rotatable bonds is 9. The lowest BCUT2D eigenvalue weighted by Gasteiger charge is -2.28. The first-order valence-corrected chi connectivity index (χ1v) is 10.7. The first-order chi connectivity index (χ1) is 14.3. The highest BCUT2D eigenvalue weighted by Crippen LogP contribution is 2.36. The van der Waals surface area contributed by atoms with Crippen molar-refractivity contribution in [1.29, 1.82) is 0 Å². The van der Waals surface area contributed by atoms with Crippen LogP contribution in [0.2, 0.25) is 0 Å². The Labute approximate surface area is 173 Å². The van der Waals surface area contributed by atoms with Crippen LogP contribution in [0.15, 0.2) is 48.5 Å². The average molecular weight is 395 g/mol. The Morgan fingerprint density at radius 2 is 1.79 bits per heavy atom. The highest BCUT2D eigenvalue weighted by atomic mass is 16.7. The van der Waals surface area contributed by atoms with Gasteiger partial charge >= 0.3 is 0 Å². The molecular formula is C24H30N2O3. The SMILES string of the molecule is O=C(CCCCc1ccccc1)NCC(c1ccc2c(c1)OCO2)N1CCCC1. The number of hydrogen-bond donors (Lipinski definition) is 1. The van der Waals surface area contributed by atoms with Gasteiger partial charge in [-0.15, -0.1) is 0 Å². The predicted octanol–water partition coefficient (Wildman–Crippen LogP) is 4.08. The fourth-order valence-electron chi connectivity index (χ4n) is 4.19. The van der Waals surface area contributed by atoms with E-state index in [1.807, 2.05) is 12.1 Å². The Hall–Kier alpha value is -2.53. The van der Waals surface area contributed by atoms with Crippen LogP contribution in [0.25, 0.3) is 0 Å². The molecule has 0 aliphatic carbocycles. The third kappa shape index (κ3) is 5.30. The molecule has 1 atom stereocenters. The van der Waals surface area contributed by atoms with E-state index in [2.05, 4.69) is 46.6 Å². The summed E-state index contributed by atoms with van der Waals surface area (Å²) in [6, 6.07) is 16.8. The number of likely N-dealkylation sites (tertiary alicyclic amines) is 1. The van der Waals surface area contributed by atoms with E-state index >= 15 is 0 Å². The number of hydrogen-bond acceptors (Lipinski definition) is 4. The molecule has 0 radical (unpaired) electrons. The molecule has 4 rings (SSSR count). The van der Waals surface area contributed by atoms with E-state index < -0.39 is 0 Å². The smallest absolute Gasteiger partial charge is 0.231 e. The highest BCUT2D eigenvalue weighted by Gasteiger charge is 2.26. The van der Waals surface area contributed by atoms with E-state index in [9.17, 15) is 4.79 Å². The standard InChI is InChI=1S/C24H30N2O3/c27-24(11-5-4-10-19-8-2-1-3-9-19)25-17-21(26-14-6-7-15-26)20-12-13-22-23(16-20)29-18-28-22/h1-3,8-9,12-13,16,21H,4-7,10-11,14-15,17-18H2,(H,25,27). The zero-order valence-corrected chi connectivity index (χ0v) is 16.9. The van der Waals surface area contributed by atoms with Crippen molar-refractivity contribution in [3.05, 3.63) is 59.7 Å². The lowest BCUT2D eigenvalue weighted by atomic mass is 10.0. The summed E-state index contributed by atoms with van der Waals surface area (Å²) in [5.74, 6) is 1.75. The average Bonchev–Trinajstić information content (AvgIpc) is 3.44. The zero-order chi connectivity index (χ0) is 19.9. The largest absolute Gasteiger partial charge is 0.454 e. The van der Waals surface area contributed by atoms with Crippen molar-refractivity contribution in [3.63, 3.8) is 0 Å². The van der Waals surface area contributed by atoms with Gasteiger partial charge in [0, 0.05) is 13.0 Å². The van der Waals surface area contributed by atoms with Gasteiger partial charge in [0.1, 0.15) is 0 Å². The van der Waals surface area contributed by atoms with Gasteiger partial charge in [0.2, 0.25) is 12.7 Å². The van der Waals surface area contributed by atoms with Gasteiger partial charge in [0.05, 0.1) is 6.04 Å². The molecule has 2 aliphatic heterocycles. The van der Waals surface area contributed by atoms with Crippen LogP contribution in [0, 0.1) is 0 Å². The minimum Gasteiger partial charge on any atom is -0.454 e. The van der Waals surface area contributed by atoms with Gasteiger partial charge in [-0.3, -0.25) is 9.69 Å². The molecule has 1 fully saturated rings. The molecule has 0 aromatic heterocycles. The maximum atomic E-state index is 12.4. The van der Waals surface area contributed by atoms with Crippen LogP contribution in [-0.4, -0.2) is 37.2 Å². The molecule has 1 unspecified atom stereocenters. The molecule has 2 aliphatic rings. The fourth-order valence-corrected chi connectivity index (χ4v) is 4.19. The topological polar surface area (TPSA) is 50.8 Å². The van der Waals surface area contributed by atoms with Gasteiger partial charge in [-0.05, 0) is 68.5 Å². The molecule has 1 saturated heterocycles. The molecule has 154 valence electrons. The predicted molar refractivity (Wildman–Crippen MR) is 113 cm³/mol. The van der Waals surface area contributed by atoms with Crippen molar-refractivity contribution in [3.8, 4) is 11.5 Å². The third-order valence-corrected chi connectivity index (χ3v) is 5.82. The van der Waals surface area contributed by atoms with Crippen molar-refractivity contribution in [2.45, 2.75) is 44.6 Å². The number of benzene rings is 2. The van der Waals surface area contributed by atoms with Gasteiger partial charge in [-0.1, -0.05) is 36.4 Å². The molecule has 5 nitrogen and oxygen atoms in total. The Bertz CT molecular complexity index is 803. The molecule has 2 aromatic carbocycles. The van der Waals surface area contributed by atoms with E-state index in [0.29, 0.717) is 13.0 Å². The van der Waals surface area contributed by atoms with Crippen molar-refractivity contribution in [1.82, 2.24) is 10.2 Å². The van der Waals surface area contributed by atoms with E-state index in [0.717, 1.165) is 43.9 Å². The number of unbranched alkanes of at least 4 members (excludes halogenated alkanes) is 1. The summed E-state index contributed by atoms with van der Waals surface area (Å²) in [5.41, 5.74) is 2.52. The summed E-state index contributed by atoms with van der Waals surface area (Å²) >= 11 is 0. The van der Waals surface area contributed by atoms with Crippen LogP contribution >= 0.6 is 0 Å². The number of aryl methyl sites for hydroxylation is 1. The number of carbonyl (C=O) groups excluding carboxylic acids is 1. The van der Waals surface area contributed by atoms with Crippen LogP contribution in [0.3, 0.4) is 0 Å². The molecule has 0 bridgehead atoms. The summed E-state index contributed by atoms with van der Waals surface area (Å²) in [6.07, 6.45) is 6.00. The summed E-state index contributed by atoms with van der Waals surface area (Å²) in [4.78, 5) is 14.9. The van der Waals surface area contributed by atoms with Crippen LogP contribution in [0.5, 0.6) is 11.5 Å². The van der Waals surface area contributed by atoms with E-state index in [1.165, 1.54) is 24.0 Å². The monoisotopic (exact) mass is 394 g/mol. The summed E-state index contributed by atoms with van der Waals surface area (Å²) < 4.78 is 11.0. The first-order valence-electron chi connectivity index (χ1n) is 10.7. The second kappa shape index (κ2) is 9.79. The second-order valence-electron chi connectivity index (χ2n) is 7.87. The van der Waals surface area contributed by atoms with Gasteiger partial charge in [-0.2, -0.15) is 0 Å². The van der Waals surface area contributed by atoms with Gasteiger partial charge in [0.25, 0.3) is 0 Å². The van der Waals surface area contributed by atoms with Crippen LogP contribution in [0.1, 0.15) is 49.3 Å². The number of amides is 1. The second-order valence-corrected chi connectivity index (χ2v) is 7.87. The van der Waals surface area contributed by atoms with Crippen molar-refractivity contribution in [2.24, 2.45) is 0 Å². The maximum Gasteiger partial charge on any atom is 0.231 e. The Morgan fingerprint density at radius 3 is 2.62 bits per heavy atom. The molecule has 2 heterocycles. The number of nitrogens with one attached hydrogen (secondary N) is 1. The molecule has 2 aromatic rings. The Balaban J connectivity index is 1.28. The van der Waals surface area contributed by atoms with E-state index in [-0.39, 0.29) is 18.7 Å². The lowest BCUT2D eigenvalue weighted by Crippen LogP contribution is -2.36. The highest BCUT2D eigenvalue weighted by molar-refractivity contribution is 5.75. The minimum absolute atomic E-state index is 0.142. The number of nitrogens with zero attached hydrogens (tertiary/aromatic N) is 1. The number of ether oxygens (including phenoxy) is 2. The number of carbonyl (C=O) groups is 1. The zero-order valence-electron chi connectivity index (χ0n) is 16.9. The molecule has 1 amide bonds. The summed E-state index contributed by atoms with van der Waals surface area (Å²) in [5, 5.41) is 3.17. The molecule has 0 spiro atoms. The quantitative estimate of drug-likeness (QED) is 0.651. The molecule has 1 N–H and O–H groups in total. The van der Waals surface area contributed by atoms with Gasteiger partial charge in [0.15, 0.2) is 11.5 Å². The Morgan fingerprint density at radius 1 is 1.00 bits per heavy atom. The van der Waals surface area contributed by atoms with Crippen LogP contribution < -0.4 is 14.8 Å². The van der Waals surface area contributed by atoms with Gasteiger partial charge < -0.3 is 14.8 Å². The van der Waals surface area contributed by atoms with Crippen molar-refractivity contribution < 1.29 is 14.3 Å². The third-order valence-electron chi connectivity index (χ3n) is 5.82. The fraction of sp³-hybridized carbons (Fsp3) is 0.458. The minimum atomic E-state index is 0.142. The van der Waals surface area contributed by atoms with Crippen LogP contribution in [0.4, 0.5) is 0 Å². The molecule has 5 heteroatoms. The van der Waals surface area contributed by atoms with Crippen molar-refractivity contribution >= 4 is 5.91 Å². The lowest BCUT2D eigenvalue weighted by molar-refractivity contribution is -0.121. The van der Waals surface area contributed by atoms with E-state index in [4.69, 9.17) is 9.47 Å². The summed E-state index contributed by atoms with van der Waals surface area (Å²) in [7, 11) is 0. The van der Waals surface area contributed by atoms with Crippen molar-refractivity contribution in [2.75, 3.05) is 26.4 Å². The van der Waals surface area contributed by atoms with Gasteiger partial charge in [-0.25, -0.2) is 0 Å².